The van der Waals surface area contributed by atoms with Gasteiger partial charge in [0.15, 0.2) is 0 Å². The molecule has 0 aliphatic heterocycles. The molecule has 0 fully saturated rings. The summed E-state index contributed by atoms with van der Waals surface area (Å²) in [5.41, 5.74) is 13.4. The van der Waals surface area contributed by atoms with Gasteiger partial charge in [-0.15, -0.1) is 0 Å². The molecule has 100 valence electrons. The molecule has 0 aliphatic carbocycles. The molecular weight excluding hydrogens is 254 g/mol. The first-order valence-corrected chi connectivity index (χ1v) is 6.86. The lowest BCUT2D eigenvalue weighted by Gasteiger charge is -2.18. The van der Waals surface area contributed by atoms with Crippen molar-refractivity contribution in [1.82, 2.24) is 0 Å². The van der Waals surface area contributed by atoms with Crippen molar-refractivity contribution in [2.45, 2.75) is 33.7 Å². The van der Waals surface area contributed by atoms with Crippen molar-refractivity contribution in [2.24, 2.45) is 5.73 Å². The third-order valence-corrected chi connectivity index (χ3v) is 3.89. The Kier molecular flexibility index (Phi) is 3.98. The molecule has 0 amide bonds. The van der Waals surface area contributed by atoms with E-state index in [1.807, 2.05) is 13.0 Å². The van der Waals surface area contributed by atoms with Crippen molar-refractivity contribution in [3.05, 3.63) is 68.7 Å². The van der Waals surface area contributed by atoms with E-state index in [1.54, 1.807) is 0 Å². The van der Waals surface area contributed by atoms with Crippen molar-refractivity contribution >= 4 is 11.6 Å². The molecule has 0 spiro atoms. The Labute approximate surface area is 120 Å². The smallest absolute Gasteiger partial charge is 0.0554 e. The van der Waals surface area contributed by atoms with Gasteiger partial charge in [-0.1, -0.05) is 47.0 Å². The van der Waals surface area contributed by atoms with Crippen molar-refractivity contribution in [3.63, 3.8) is 0 Å². The minimum Gasteiger partial charge on any atom is -0.320 e. The van der Waals surface area contributed by atoms with Crippen molar-refractivity contribution in [3.8, 4) is 0 Å². The zero-order valence-corrected chi connectivity index (χ0v) is 12.7. The van der Waals surface area contributed by atoms with E-state index in [1.165, 1.54) is 11.1 Å². The molecule has 0 heterocycles. The monoisotopic (exact) mass is 273 g/mol. The molecule has 2 aromatic carbocycles. The molecule has 1 nitrogen and oxygen atoms in total. The summed E-state index contributed by atoms with van der Waals surface area (Å²) in [7, 11) is 0. The van der Waals surface area contributed by atoms with Crippen LogP contribution in [-0.4, -0.2) is 0 Å². The van der Waals surface area contributed by atoms with E-state index in [0.29, 0.717) is 0 Å². The maximum absolute atomic E-state index is 6.43. The summed E-state index contributed by atoms with van der Waals surface area (Å²) in [6, 6.07) is 10.5. The lowest BCUT2D eigenvalue weighted by atomic mass is 9.92. The molecule has 2 heteroatoms. The van der Waals surface area contributed by atoms with Gasteiger partial charge in [-0.2, -0.15) is 0 Å². The quantitative estimate of drug-likeness (QED) is 0.849. The van der Waals surface area contributed by atoms with E-state index in [2.05, 4.69) is 45.0 Å². The third kappa shape index (κ3) is 2.99. The Bertz CT molecular complexity index is 597. The highest BCUT2D eigenvalue weighted by Crippen LogP contribution is 2.28. The molecule has 1 atom stereocenters. The molecule has 19 heavy (non-hydrogen) atoms. The molecule has 2 aromatic rings. The van der Waals surface area contributed by atoms with Gasteiger partial charge >= 0.3 is 0 Å². The van der Waals surface area contributed by atoms with Gasteiger partial charge in [-0.05, 0) is 56.0 Å². The van der Waals surface area contributed by atoms with Crippen LogP contribution in [0.3, 0.4) is 0 Å². The molecule has 0 radical (unpaired) electrons. The summed E-state index contributed by atoms with van der Waals surface area (Å²) in [6.45, 7) is 8.27. The Morgan fingerprint density at radius 3 is 2.00 bits per heavy atom. The van der Waals surface area contributed by atoms with E-state index in [0.717, 1.165) is 27.3 Å². The summed E-state index contributed by atoms with van der Waals surface area (Å²) < 4.78 is 0. The maximum atomic E-state index is 6.43. The Morgan fingerprint density at radius 1 is 0.842 bits per heavy atom. The summed E-state index contributed by atoms with van der Waals surface area (Å²) in [5, 5.41) is 0.800. The highest BCUT2D eigenvalue weighted by molar-refractivity contribution is 6.31. The first-order chi connectivity index (χ1) is 8.88. The minimum atomic E-state index is -0.102. The van der Waals surface area contributed by atoms with Crippen LogP contribution in [0.15, 0.2) is 30.3 Å². The first kappa shape index (κ1) is 14.1. The van der Waals surface area contributed by atoms with Crippen LogP contribution in [0.1, 0.15) is 39.4 Å². The lowest BCUT2D eigenvalue weighted by molar-refractivity contribution is 0.856. The zero-order chi connectivity index (χ0) is 14.2. The lowest BCUT2D eigenvalue weighted by Crippen LogP contribution is -2.14. The van der Waals surface area contributed by atoms with Crippen LogP contribution in [0.5, 0.6) is 0 Å². The molecule has 0 aliphatic rings. The first-order valence-electron chi connectivity index (χ1n) is 6.49. The van der Waals surface area contributed by atoms with Crippen molar-refractivity contribution < 1.29 is 0 Å². The highest BCUT2D eigenvalue weighted by Gasteiger charge is 2.13. The van der Waals surface area contributed by atoms with Crippen LogP contribution in [0.2, 0.25) is 5.02 Å². The summed E-state index contributed by atoms with van der Waals surface area (Å²) in [4.78, 5) is 0. The Hall–Kier alpha value is -1.31. The Morgan fingerprint density at radius 2 is 1.42 bits per heavy atom. The number of rotatable bonds is 2. The second-order valence-electron chi connectivity index (χ2n) is 5.36. The average Bonchev–Trinajstić information content (AvgIpc) is 2.31. The number of aryl methyl sites for hydroxylation is 4. The van der Waals surface area contributed by atoms with E-state index < -0.39 is 0 Å². The topological polar surface area (TPSA) is 26.0 Å². The summed E-state index contributed by atoms with van der Waals surface area (Å²) >= 11 is 6.15. The number of hydrogen-bond acceptors (Lipinski definition) is 1. The van der Waals surface area contributed by atoms with E-state index in [4.69, 9.17) is 17.3 Å². The average molecular weight is 274 g/mol. The van der Waals surface area contributed by atoms with Crippen LogP contribution in [0.4, 0.5) is 0 Å². The molecule has 0 bridgehead atoms. The van der Waals surface area contributed by atoms with Crippen LogP contribution in [-0.2, 0) is 0 Å². The van der Waals surface area contributed by atoms with E-state index in [9.17, 15) is 0 Å². The highest BCUT2D eigenvalue weighted by atomic mass is 35.5. The van der Waals surface area contributed by atoms with Gasteiger partial charge in [0.1, 0.15) is 0 Å². The molecule has 0 aromatic heterocycles. The van der Waals surface area contributed by atoms with Gasteiger partial charge in [0.05, 0.1) is 6.04 Å². The summed E-state index contributed by atoms with van der Waals surface area (Å²) in [5.74, 6) is 0. The van der Waals surface area contributed by atoms with Crippen LogP contribution in [0.25, 0.3) is 0 Å². The second kappa shape index (κ2) is 5.36. The molecule has 2 N–H and O–H groups in total. The number of halogens is 1. The fraction of sp³-hybridized carbons (Fsp3) is 0.294. The van der Waals surface area contributed by atoms with Gasteiger partial charge in [0.25, 0.3) is 0 Å². The third-order valence-electron chi connectivity index (χ3n) is 3.49. The fourth-order valence-electron chi connectivity index (χ4n) is 2.51. The Balaban J connectivity index is 2.49. The molecule has 2 rings (SSSR count). The van der Waals surface area contributed by atoms with Gasteiger partial charge in [0, 0.05) is 5.02 Å². The number of benzene rings is 2. The predicted octanol–water partition coefficient (Wildman–Crippen LogP) is 4.62. The molecule has 0 saturated carbocycles. The van der Waals surface area contributed by atoms with Gasteiger partial charge in [-0.3, -0.25) is 0 Å². The van der Waals surface area contributed by atoms with Crippen LogP contribution < -0.4 is 5.73 Å². The SMILES string of the molecule is Cc1cc(C)cc(C(N)c2cc(C)c(Cl)cc2C)c1. The predicted molar refractivity (Wildman–Crippen MR) is 82.9 cm³/mol. The summed E-state index contributed by atoms with van der Waals surface area (Å²) in [6.07, 6.45) is 0. The van der Waals surface area contributed by atoms with Crippen LogP contribution in [0, 0.1) is 27.7 Å². The molecular formula is C17H20ClN. The zero-order valence-electron chi connectivity index (χ0n) is 11.9. The normalized spacial score (nSPS) is 12.5. The van der Waals surface area contributed by atoms with Gasteiger partial charge < -0.3 is 5.73 Å². The van der Waals surface area contributed by atoms with Crippen molar-refractivity contribution in [2.75, 3.05) is 0 Å². The largest absolute Gasteiger partial charge is 0.320 e. The van der Waals surface area contributed by atoms with Crippen molar-refractivity contribution in [1.29, 1.82) is 0 Å². The molecule has 1 unspecified atom stereocenters. The van der Waals surface area contributed by atoms with E-state index in [-0.39, 0.29) is 6.04 Å². The standard InChI is InChI=1S/C17H20ClN/c1-10-5-11(2)7-14(6-10)17(19)15-8-13(4)16(18)9-12(15)3/h5-9,17H,19H2,1-4H3. The van der Waals surface area contributed by atoms with Gasteiger partial charge in [0.2, 0.25) is 0 Å². The number of nitrogens with two attached hydrogens (primary N) is 1. The van der Waals surface area contributed by atoms with Gasteiger partial charge in [-0.25, -0.2) is 0 Å². The fourth-order valence-corrected chi connectivity index (χ4v) is 2.73. The van der Waals surface area contributed by atoms with Crippen LogP contribution >= 0.6 is 11.6 Å². The molecule has 0 saturated heterocycles. The number of hydrogen-bond donors (Lipinski definition) is 1. The minimum absolute atomic E-state index is 0.102. The maximum Gasteiger partial charge on any atom is 0.0554 e. The van der Waals surface area contributed by atoms with E-state index >= 15 is 0 Å². The second-order valence-corrected chi connectivity index (χ2v) is 5.76.